The van der Waals surface area contributed by atoms with E-state index < -0.39 is 17.4 Å². The van der Waals surface area contributed by atoms with Crippen LogP contribution in [0.2, 0.25) is 0 Å². The van der Waals surface area contributed by atoms with Gasteiger partial charge in [-0.25, -0.2) is 0 Å². The summed E-state index contributed by atoms with van der Waals surface area (Å²) < 4.78 is 0. The summed E-state index contributed by atoms with van der Waals surface area (Å²) in [5.41, 5.74) is -1.42. The number of rotatable bonds is 4. The molecule has 0 unspecified atom stereocenters. The first-order chi connectivity index (χ1) is 6.11. The monoisotopic (exact) mass is 404 g/mol. The van der Waals surface area contributed by atoms with Crippen LogP contribution in [-0.4, -0.2) is 45.5 Å². The molecule has 0 radical (unpaired) electrons. The fourth-order valence-electron chi connectivity index (χ4n) is 0.731. The maximum Gasteiger partial charge on any atom is 1.00 e. The molecule has 0 aliphatic carbocycles. The van der Waals surface area contributed by atoms with Gasteiger partial charge in [0.05, 0.1) is 6.42 Å². The van der Waals surface area contributed by atoms with Crippen molar-refractivity contribution in [3.8, 4) is 0 Å². The second kappa shape index (κ2) is 6.08. The van der Waals surface area contributed by atoms with E-state index in [0.717, 1.165) is 0 Å². The number of ketones is 2. The van der Waals surface area contributed by atoms with Crippen LogP contribution in [0, 0.1) is 10.8 Å². The first-order valence-corrected chi connectivity index (χ1v) is 4.76. The summed E-state index contributed by atoms with van der Waals surface area (Å²) in [4.78, 5) is 23.0. The third-order valence-corrected chi connectivity index (χ3v) is 2.27. The zero-order valence-corrected chi connectivity index (χ0v) is 14.7. The van der Waals surface area contributed by atoms with Crippen molar-refractivity contribution in [2.45, 2.75) is 41.0 Å². The molecular formula is C11H19O3Tl. The van der Waals surface area contributed by atoms with Gasteiger partial charge in [0.1, 0.15) is 11.6 Å². The summed E-state index contributed by atoms with van der Waals surface area (Å²) >= 11 is 0. The zero-order valence-electron chi connectivity index (χ0n) is 10.2. The second-order valence-corrected chi connectivity index (χ2v) is 5.30. The largest absolute Gasteiger partial charge is 1.00 e. The number of Topliss-reactive ketones (excluding diaryl/α,β-unsaturated/α-hetero) is 2. The number of carbonyl (C=O) groups is 2. The Balaban J connectivity index is 0. The van der Waals surface area contributed by atoms with Crippen molar-refractivity contribution in [1.29, 1.82) is 0 Å². The van der Waals surface area contributed by atoms with E-state index in [2.05, 4.69) is 0 Å². The molecule has 0 aromatic rings. The van der Waals surface area contributed by atoms with Crippen molar-refractivity contribution >= 4 is 38.9 Å². The molecule has 0 N–H and O–H groups in total. The van der Waals surface area contributed by atoms with Gasteiger partial charge in [0.2, 0.25) is 0 Å². The molecule has 15 heavy (non-hydrogen) atoms. The van der Waals surface area contributed by atoms with E-state index in [4.69, 9.17) is 0 Å². The third-order valence-electron chi connectivity index (χ3n) is 2.27. The van der Waals surface area contributed by atoms with Gasteiger partial charge >= 0.3 is 27.3 Å². The first-order valence-electron chi connectivity index (χ1n) is 4.76. The van der Waals surface area contributed by atoms with E-state index in [0.29, 0.717) is 0 Å². The predicted molar refractivity (Wildman–Crippen MR) is 58.5 cm³/mol. The Morgan fingerprint density at radius 3 is 1.67 bits per heavy atom. The molecule has 0 bridgehead atoms. The molecule has 0 amide bonds. The van der Waals surface area contributed by atoms with Gasteiger partial charge in [0.25, 0.3) is 0 Å². The van der Waals surface area contributed by atoms with Gasteiger partial charge in [-0.2, -0.15) is 0 Å². The van der Waals surface area contributed by atoms with Crippen molar-refractivity contribution in [3.05, 3.63) is 0 Å². The molecule has 0 aromatic carbocycles. The molecule has 0 saturated carbocycles. The van der Waals surface area contributed by atoms with Crippen LogP contribution in [0.25, 0.3) is 0 Å². The van der Waals surface area contributed by atoms with Crippen molar-refractivity contribution in [1.82, 2.24) is 0 Å². The molecule has 0 rings (SSSR count). The van der Waals surface area contributed by atoms with Crippen LogP contribution in [0.15, 0.2) is 0 Å². The minimum atomic E-state index is -0.916. The van der Waals surface area contributed by atoms with Crippen LogP contribution in [0.3, 0.4) is 0 Å². The van der Waals surface area contributed by atoms with Gasteiger partial charge < -0.3 is 5.11 Å². The Bertz CT molecular complexity index is 239. The molecule has 84 valence electrons. The average molecular weight is 404 g/mol. The van der Waals surface area contributed by atoms with E-state index >= 15 is 0 Å². The molecule has 0 spiro atoms. The molecule has 0 heterocycles. The van der Waals surface area contributed by atoms with E-state index in [1.54, 1.807) is 34.6 Å². The zero-order chi connectivity index (χ0) is 11.6. The van der Waals surface area contributed by atoms with Crippen LogP contribution in [0.5, 0.6) is 0 Å². The number of carbonyl (C=O) groups excluding carboxylic acids is 2. The topological polar surface area (TPSA) is 57.2 Å². The molecule has 0 fully saturated rings. The molecule has 0 saturated heterocycles. The normalized spacial score (nSPS) is 11.9. The van der Waals surface area contributed by atoms with Gasteiger partial charge in [0.15, 0.2) is 0 Å². The SMILES string of the molecule is CC(C)(C)C(=O)CC(=O)C(C)(C)C[O-].[Tl+]. The smallest absolute Gasteiger partial charge is 0.854 e. The molecule has 0 aromatic heterocycles. The van der Waals surface area contributed by atoms with Gasteiger partial charge in [-0.05, 0) is 0 Å². The molecule has 4 heteroatoms. The van der Waals surface area contributed by atoms with Crippen LogP contribution in [0.1, 0.15) is 41.0 Å². The fourth-order valence-corrected chi connectivity index (χ4v) is 0.731. The molecular weight excluding hydrogens is 385 g/mol. The Morgan fingerprint density at radius 1 is 1.00 bits per heavy atom. The van der Waals surface area contributed by atoms with Crippen LogP contribution in [0.4, 0.5) is 0 Å². The number of hydrogen-bond donors (Lipinski definition) is 0. The quantitative estimate of drug-likeness (QED) is 0.509. The average Bonchev–Trinajstić information content (AvgIpc) is 2.02. The standard InChI is InChI=1S/C11H19O3.Tl/c1-10(2,3)8(13)6-9(14)11(4,5)7-12;/h6-7H2,1-5H3;/q-1;+1. The van der Waals surface area contributed by atoms with Gasteiger partial charge in [-0.1, -0.05) is 34.6 Å². The Hall–Kier alpha value is 0.222. The maximum atomic E-state index is 11.5. The van der Waals surface area contributed by atoms with E-state index in [9.17, 15) is 14.7 Å². The Kier molecular flexibility index (Phi) is 7.14. The predicted octanol–water partition coefficient (Wildman–Crippen LogP) is 0.567. The van der Waals surface area contributed by atoms with Crippen LogP contribution < -0.4 is 5.11 Å². The summed E-state index contributed by atoms with van der Waals surface area (Å²) in [6, 6.07) is 0. The number of hydrogen-bond acceptors (Lipinski definition) is 3. The van der Waals surface area contributed by atoms with Gasteiger partial charge in [0, 0.05) is 10.8 Å². The third kappa shape index (κ3) is 5.75. The second-order valence-electron chi connectivity index (χ2n) is 5.30. The minimum absolute atomic E-state index is 0. The Labute approximate surface area is 112 Å². The van der Waals surface area contributed by atoms with Crippen molar-refractivity contribution in [3.63, 3.8) is 0 Å². The van der Waals surface area contributed by atoms with Crippen molar-refractivity contribution in [2.24, 2.45) is 10.8 Å². The molecule has 0 aliphatic heterocycles. The summed E-state index contributed by atoms with van der Waals surface area (Å²) in [6.07, 6.45) is -0.126. The van der Waals surface area contributed by atoms with Crippen molar-refractivity contribution < 1.29 is 14.7 Å². The Morgan fingerprint density at radius 2 is 1.40 bits per heavy atom. The van der Waals surface area contributed by atoms with Crippen LogP contribution in [-0.2, 0) is 9.59 Å². The summed E-state index contributed by atoms with van der Waals surface area (Å²) in [7, 11) is 0. The molecule has 3 nitrogen and oxygen atoms in total. The summed E-state index contributed by atoms with van der Waals surface area (Å²) in [6.45, 7) is 8.01. The van der Waals surface area contributed by atoms with E-state index in [1.807, 2.05) is 0 Å². The molecule has 0 aliphatic rings. The van der Waals surface area contributed by atoms with Gasteiger partial charge in [-0.15, -0.1) is 6.61 Å². The van der Waals surface area contributed by atoms with Gasteiger partial charge in [-0.3, -0.25) is 9.59 Å². The first kappa shape index (κ1) is 17.6. The minimum Gasteiger partial charge on any atom is -0.854 e. The summed E-state index contributed by atoms with van der Waals surface area (Å²) in [5.74, 6) is -0.364. The molecule has 0 atom stereocenters. The fraction of sp³-hybridized carbons (Fsp3) is 0.818. The van der Waals surface area contributed by atoms with E-state index in [1.165, 1.54) is 0 Å². The van der Waals surface area contributed by atoms with Crippen molar-refractivity contribution in [2.75, 3.05) is 6.61 Å². The maximum absolute atomic E-state index is 11.5. The van der Waals surface area contributed by atoms with Crippen LogP contribution >= 0.6 is 0 Å². The van der Waals surface area contributed by atoms with E-state index in [-0.39, 0.29) is 45.3 Å². The summed E-state index contributed by atoms with van der Waals surface area (Å²) in [5, 5.41) is 10.7.